The molecule has 0 spiro atoms. The minimum Gasteiger partial charge on any atom is -0.398 e. The SMILES string of the molecule is Cc1cccc(C(=O)N2CCC(F)(F)C2CNC2N=CC(Cl)=CN2)c1N. The van der Waals surface area contributed by atoms with E-state index in [2.05, 4.69) is 15.6 Å². The van der Waals surface area contributed by atoms with Crippen LogP contribution in [0.25, 0.3) is 0 Å². The number of aliphatic imine (C=N–C) groups is 1. The number of anilines is 1. The van der Waals surface area contributed by atoms with Gasteiger partial charge in [-0.25, -0.2) is 8.78 Å². The van der Waals surface area contributed by atoms with E-state index >= 15 is 0 Å². The molecule has 140 valence electrons. The molecule has 4 N–H and O–H groups in total. The Kier molecular flexibility index (Phi) is 5.15. The van der Waals surface area contributed by atoms with Crippen LogP contribution in [0.3, 0.4) is 0 Å². The first kappa shape index (κ1) is 18.6. The fraction of sp³-hybridized carbons (Fsp3) is 0.412. The van der Waals surface area contributed by atoms with Gasteiger partial charge in [0.2, 0.25) is 0 Å². The van der Waals surface area contributed by atoms with E-state index in [1.165, 1.54) is 17.3 Å². The summed E-state index contributed by atoms with van der Waals surface area (Å²) in [6.45, 7) is 1.62. The molecular weight excluding hydrogens is 364 g/mol. The summed E-state index contributed by atoms with van der Waals surface area (Å²) in [7, 11) is 0. The molecule has 26 heavy (non-hydrogen) atoms. The third-order valence-corrected chi connectivity index (χ3v) is 4.80. The molecule has 2 aliphatic rings. The Hall–Kier alpha value is -2.19. The van der Waals surface area contributed by atoms with Gasteiger partial charge in [-0.05, 0) is 18.6 Å². The summed E-state index contributed by atoms with van der Waals surface area (Å²) in [6.07, 6.45) is 1.99. The van der Waals surface area contributed by atoms with Gasteiger partial charge in [0.25, 0.3) is 11.8 Å². The molecule has 1 saturated heterocycles. The van der Waals surface area contributed by atoms with Crippen LogP contribution in [0.15, 0.2) is 34.4 Å². The quantitative estimate of drug-likeness (QED) is 0.695. The molecule has 0 aliphatic carbocycles. The zero-order valence-electron chi connectivity index (χ0n) is 14.2. The molecule has 9 heteroatoms. The highest BCUT2D eigenvalue weighted by molar-refractivity contribution is 6.39. The van der Waals surface area contributed by atoms with Crippen molar-refractivity contribution in [3.63, 3.8) is 0 Å². The van der Waals surface area contributed by atoms with E-state index in [-0.39, 0.29) is 25.1 Å². The summed E-state index contributed by atoms with van der Waals surface area (Å²) < 4.78 is 28.7. The number of nitrogens with one attached hydrogen (secondary N) is 2. The summed E-state index contributed by atoms with van der Waals surface area (Å²) in [4.78, 5) is 18.1. The molecule has 1 amide bonds. The standard InChI is InChI=1S/C17H20ClF2N5O/c1-10-3-2-4-12(14(10)21)15(26)25-6-5-17(19,20)13(25)9-24-16-22-7-11(18)8-23-16/h2-4,7-8,13,16,22,24H,5-6,9,21H2,1H3. The average molecular weight is 384 g/mol. The highest BCUT2D eigenvalue weighted by Gasteiger charge is 2.50. The lowest BCUT2D eigenvalue weighted by atomic mass is 10.1. The molecule has 2 unspecified atom stereocenters. The lowest BCUT2D eigenvalue weighted by Gasteiger charge is -2.30. The molecule has 1 fully saturated rings. The van der Waals surface area contributed by atoms with Gasteiger partial charge in [0.15, 0.2) is 6.29 Å². The smallest absolute Gasteiger partial charge is 0.271 e. The van der Waals surface area contributed by atoms with Crippen molar-refractivity contribution in [2.45, 2.75) is 31.6 Å². The number of halogens is 3. The number of rotatable bonds is 4. The number of hydrogen-bond donors (Lipinski definition) is 3. The first-order valence-electron chi connectivity index (χ1n) is 8.22. The van der Waals surface area contributed by atoms with Crippen LogP contribution < -0.4 is 16.4 Å². The van der Waals surface area contributed by atoms with Crippen LogP contribution >= 0.6 is 11.6 Å². The number of benzene rings is 1. The summed E-state index contributed by atoms with van der Waals surface area (Å²) >= 11 is 5.75. The number of carbonyl (C=O) groups excluding carboxylic acids is 1. The van der Waals surface area contributed by atoms with Gasteiger partial charge in [-0.3, -0.25) is 15.1 Å². The molecule has 2 heterocycles. The van der Waals surface area contributed by atoms with Gasteiger partial charge in [0.05, 0.1) is 10.6 Å². The molecule has 6 nitrogen and oxygen atoms in total. The van der Waals surface area contributed by atoms with Gasteiger partial charge in [0, 0.05) is 37.6 Å². The lowest BCUT2D eigenvalue weighted by molar-refractivity contribution is -0.0296. The van der Waals surface area contributed by atoms with Gasteiger partial charge in [-0.2, -0.15) is 0 Å². The Morgan fingerprint density at radius 3 is 3.00 bits per heavy atom. The third-order valence-electron chi connectivity index (χ3n) is 4.60. The molecule has 0 radical (unpaired) electrons. The molecule has 3 rings (SSSR count). The van der Waals surface area contributed by atoms with Crippen molar-refractivity contribution >= 4 is 29.4 Å². The Morgan fingerprint density at radius 1 is 1.54 bits per heavy atom. The van der Waals surface area contributed by atoms with Crippen molar-refractivity contribution < 1.29 is 13.6 Å². The van der Waals surface area contributed by atoms with Crippen molar-refractivity contribution in [3.8, 4) is 0 Å². The second-order valence-electron chi connectivity index (χ2n) is 6.35. The molecule has 1 aromatic rings. The van der Waals surface area contributed by atoms with E-state index in [9.17, 15) is 13.6 Å². The van der Waals surface area contributed by atoms with Crippen molar-refractivity contribution in [1.29, 1.82) is 0 Å². The molecule has 0 saturated carbocycles. The zero-order chi connectivity index (χ0) is 18.9. The number of aryl methyl sites for hydroxylation is 1. The highest BCUT2D eigenvalue weighted by Crippen LogP contribution is 2.35. The summed E-state index contributed by atoms with van der Waals surface area (Å²) in [6, 6.07) is 3.74. The number of likely N-dealkylation sites (tertiary alicyclic amines) is 1. The summed E-state index contributed by atoms with van der Waals surface area (Å²) in [5.41, 5.74) is 7.27. The Labute approximate surface area is 155 Å². The number of carbonyl (C=O) groups is 1. The van der Waals surface area contributed by atoms with Gasteiger partial charge >= 0.3 is 0 Å². The number of hydrogen-bond acceptors (Lipinski definition) is 5. The molecule has 1 aromatic carbocycles. The van der Waals surface area contributed by atoms with E-state index in [0.29, 0.717) is 10.7 Å². The molecular formula is C17H20ClF2N5O. The van der Waals surface area contributed by atoms with Crippen LogP contribution in [-0.2, 0) is 0 Å². The second-order valence-corrected chi connectivity index (χ2v) is 6.78. The van der Waals surface area contributed by atoms with E-state index in [1.807, 2.05) is 0 Å². The number of alkyl halides is 2. The average Bonchev–Trinajstić information content (AvgIpc) is 2.91. The molecule has 0 aromatic heterocycles. The van der Waals surface area contributed by atoms with Crippen LogP contribution in [0.2, 0.25) is 0 Å². The van der Waals surface area contributed by atoms with E-state index in [1.54, 1.807) is 25.1 Å². The minimum atomic E-state index is -2.99. The maximum Gasteiger partial charge on any atom is 0.271 e. The highest BCUT2D eigenvalue weighted by atomic mass is 35.5. The van der Waals surface area contributed by atoms with Crippen molar-refractivity contribution in [2.75, 3.05) is 18.8 Å². The third kappa shape index (κ3) is 3.66. The topological polar surface area (TPSA) is 82.8 Å². The normalized spacial score (nSPS) is 24.3. The van der Waals surface area contributed by atoms with E-state index in [4.69, 9.17) is 17.3 Å². The molecule has 0 bridgehead atoms. The first-order valence-corrected chi connectivity index (χ1v) is 8.59. The van der Waals surface area contributed by atoms with E-state index < -0.39 is 24.2 Å². The minimum absolute atomic E-state index is 0.0291. The second kappa shape index (κ2) is 7.20. The van der Waals surface area contributed by atoms with Crippen molar-refractivity contribution in [1.82, 2.24) is 15.5 Å². The number of nitrogen functional groups attached to an aromatic ring is 1. The van der Waals surface area contributed by atoms with Gasteiger partial charge in [-0.15, -0.1) is 0 Å². The largest absolute Gasteiger partial charge is 0.398 e. The monoisotopic (exact) mass is 383 g/mol. The van der Waals surface area contributed by atoms with Gasteiger partial charge < -0.3 is 16.0 Å². The predicted molar refractivity (Wildman–Crippen MR) is 97.3 cm³/mol. The van der Waals surface area contributed by atoms with E-state index in [0.717, 1.165) is 5.56 Å². The number of nitrogens with two attached hydrogens (primary N) is 1. The number of allylic oxidation sites excluding steroid dienone is 1. The zero-order valence-corrected chi connectivity index (χ0v) is 14.9. The van der Waals surface area contributed by atoms with Crippen LogP contribution in [0.4, 0.5) is 14.5 Å². The Morgan fingerprint density at radius 2 is 2.31 bits per heavy atom. The number of nitrogens with zero attached hydrogens (tertiary/aromatic N) is 2. The van der Waals surface area contributed by atoms with Crippen LogP contribution in [0, 0.1) is 6.92 Å². The first-order chi connectivity index (χ1) is 12.3. The van der Waals surface area contributed by atoms with Crippen LogP contribution in [0.5, 0.6) is 0 Å². The van der Waals surface area contributed by atoms with Crippen LogP contribution in [0.1, 0.15) is 22.3 Å². The van der Waals surface area contributed by atoms with Crippen molar-refractivity contribution in [2.24, 2.45) is 4.99 Å². The fourth-order valence-electron chi connectivity index (χ4n) is 3.06. The summed E-state index contributed by atoms with van der Waals surface area (Å²) in [5, 5.41) is 6.14. The maximum absolute atomic E-state index is 14.4. The fourth-order valence-corrected chi connectivity index (χ4v) is 3.18. The lowest BCUT2D eigenvalue weighted by Crippen LogP contribution is -2.52. The van der Waals surface area contributed by atoms with Gasteiger partial charge in [-0.1, -0.05) is 23.7 Å². The van der Waals surface area contributed by atoms with Crippen molar-refractivity contribution in [3.05, 3.63) is 40.6 Å². The maximum atomic E-state index is 14.4. The number of para-hydroxylation sites is 1. The number of amides is 1. The molecule has 2 aliphatic heterocycles. The predicted octanol–water partition coefficient (Wildman–Crippen LogP) is 2.05. The van der Waals surface area contributed by atoms with Crippen LogP contribution in [-0.4, -0.2) is 48.4 Å². The Bertz CT molecular complexity index is 768. The summed E-state index contributed by atoms with van der Waals surface area (Å²) in [5.74, 6) is -3.48. The van der Waals surface area contributed by atoms with Gasteiger partial charge in [0.1, 0.15) is 6.04 Å². The Balaban J connectivity index is 1.74. The molecule has 2 atom stereocenters.